The smallest absolute Gasteiger partial charge is 0.303 e. The summed E-state index contributed by atoms with van der Waals surface area (Å²) in [5.41, 5.74) is 2.48. The number of rotatable bonds is 7. The Morgan fingerprint density at radius 2 is 2.00 bits per heavy atom. The molecule has 5 rings (SSSR count). The Kier molecular flexibility index (Phi) is 6.93. The van der Waals surface area contributed by atoms with Gasteiger partial charge in [-0.2, -0.15) is 0 Å². The molecule has 2 aliphatic carbocycles. The minimum Gasteiger partial charge on any atom is -0.495 e. The number of ether oxygens (including phenoxy) is 1. The first-order valence-electron chi connectivity index (χ1n) is 12.1. The lowest BCUT2D eigenvalue weighted by molar-refractivity contribution is -0.138. The Bertz CT molecular complexity index is 1200. The lowest BCUT2D eigenvalue weighted by atomic mass is 9.80. The summed E-state index contributed by atoms with van der Waals surface area (Å²) < 4.78 is 5.28. The van der Waals surface area contributed by atoms with E-state index in [4.69, 9.17) is 31.4 Å². The van der Waals surface area contributed by atoms with Gasteiger partial charge >= 0.3 is 5.97 Å². The molecule has 0 unspecified atom stereocenters. The number of hydrogen-bond acceptors (Lipinski definition) is 6. The minimum atomic E-state index is -0.699. The zero-order valence-corrected chi connectivity index (χ0v) is 21.0. The van der Waals surface area contributed by atoms with Crippen LogP contribution in [0.2, 0.25) is 5.02 Å². The third-order valence-electron chi connectivity index (χ3n) is 7.18. The first kappa shape index (κ1) is 23.4. The third-order valence-corrected chi connectivity index (χ3v) is 8.66. The van der Waals surface area contributed by atoms with E-state index < -0.39 is 5.97 Å². The molecular formula is C26H30ClN3O3S. The van der Waals surface area contributed by atoms with Gasteiger partial charge in [-0.25, -0.2) is 9.97 Å². The number of aromatic nitrogens is 2. The molecule has 8 heteroatoms. The fourth-order valence-electron chi connectivity index (χ4n) is 5.36. The summed E-state index contributed by atoms with van der Waals surface area (Å²) >= 11 is 8.16. The molecule has 0 bridgehead atoms. The van der Waals surface area contributed by atoms with Gasteiger partial charge in [0.1, 0.15) is 22.2 Å². The van der Waals surface area contributed by atoms with Crippen molar-refractivity contribution in [3.05, 3.63) is 45.1 Å². The summed E-state index contributed by atoms with van der Waals surface area (Å²) in [5, 5.41) is 14.5. The number of aryl methyl sites for hydroxylation is 2. The standard InChI is InChI=1S/C26H30ClN3O3S/c1-33-20-11-8-16(12-19(20)27)14-28-25-23-18-4-2-3-5-21(18)34-26(23)30-24(29-25)17-9-6-15(7-10-17)13-22(31)32/h8,11-12,15,17H,2-7,9-10,13-14H2,1H3,(H,31,32)(H,28,29,30). The van der Waals surface area contributed by atoms with Crippen LogP contribution in [0.4, 0.5) is 5.82 Å². The summed E-state index contributed by atoms with van der Waals surface area (Å²) in [4.78, 5) is 23.8. The van der Waals surface area contributed by atoms with Crippen LogP contribution in [0, 0.1) is 5.92 Å². The summed E-state index contributed by atoms with van der Waals surface area (Å²) in [6.45, 7) is 0.616. The van der Waals surface area contributed by atoms with Gasteiger partial charge in [0.15, 0.2) is 0 Å². The monoisotopic (exact) mass is 499 g/mol. The minimum absolute atomic E-state index is 0.265. The maximum Gasteiger partial charge on any atom is 0.303 e. The van der Waals surface area contributed by atoms with E-state index in [0.717, 1.165) is 60.6 Å². The van der Waals surface area contributed by atoms with Crippen molar-refractivity contribution in [2.75, 3.05) is 12.4 Å². The zero-order valence-electron chi connectivity index (χ0n) is 19.4. The lowest BCUT2D eigenvalue weighted by Crippen LogP contribution is -2.18. The molecular weight excluding hydrogens is 470 g/mol. The molecule has 0 spiro atoms. The van der Waals surface area contributed by atoms with Crippen molar-refractivity contribution in [3.8, 4) is 5.75 Å². The molecule has 0 aliphatic heterocycles. The van der Waals surface area contributed by atoms with Crippen molar-refractivity contribution in [1.82, 2.24) is 9.97 Å². The van der Waals surface area contributed by atoms with Gasteiger partial charge in [-0.05, 0) is 80.5 Å². The number of fused-ring (bicyclic) bond motifs is 3. The van der Waals surface area contributed by atoms with Crippen LogP contribution in [-0.4, -0.2) is 28.2 Å². The van der Waals surface area contributed by atoms with Crippen molar-refractivity contribution in [2.24, 2.45) is 5.92 Å². The van der Waals surface area contributed by atoms with Crippen LogP contribution in [-0.2, 0) is 24.2 Å². The van der Waals surface area contributed by atoms with Crippen molar-refractivity contribution in [2.45, 2.75) is 70.3 Å². The van der Waals surface area contributed by atoms with E-state index in [2.05, 4.69) is 5.32 Å². The maximum atomic E-state index is 11.1. The highest BCUT2D eigenvalue weighted by atomic mass is 35.5. The van der Waals surface area contributed by atoms with Crippen LogP contribution in [0.25, 0.3) is 10.2 Å². The fourth-order valence-corrected chi connectivity index (χ4v) is 6.91. The molecule has 34 heavy (non-hydrogen) atoms. The lowest BCUT2D eigenvalue weighted by Gasteiger charge is -2.27. The van der Waals surface area contributed by atoms with E-state index in [9.17, 15) is 4.79 Å². The quantitative estimate of drug-likeness (QED) is 0.381. The summed E-state index contributed by atoms with van der Waals surface area (Å²) in [5.74, 6) is 2.33. The van der Waals surface area contributed by atoms with Crippen LogP contribution in [0.5, 0.6) is 5.75 Å². The maximum absolute atomic E-state index is 11.1. The highest BCUT2D eigenvalue weighted by Crippen LogP contribution is 2.42. The third kappa shape index (κ3) is 4.86. The normalized spacial score (nSPS) is 20.2. The van der Waals surface area contributed by atoms with E-state index in [-0.39, 0.29) is 18.3 Å². The van der Waals surface area contributed by atoms with E-state index in [1.165, 1.54) is 28.7 Å². The molecule has 180 valence electrons. The number of hydrogen-bond donors (Lipinski definition) is 2. The first-order valence-corrected chi connectivity index (χ1v) is 13.3. The Morgan fingerprint density at radius 1 is 1.21 bits per heavy atom. The molecule has 0 amide bonds. The Morgan fingerprint density at radius 3 is 2.74 bits per heavy atom. The Balaban J connectivity index is 1.43. The number of nitrogens with one attached hydrogen (secondary N) is 1. The zero-order chi connectivity index (χ0) is 23.7. The van der Waals surface area contributed by atoms with Gasteiger partial charge in [-0.1, -0.05) is 17.7 Å². The largest absolute Gasteiger partial charge is 0.495 e. The van der Waals surface area contributed by atoms with Gasteiger partial charge in [0, 0.05) is 23.8 Å². The summed E-state index contributed by atoms with van der Waals surface area (Å²) in [6, 6.07) is 5.84. The van der Waals surface area contributed by atoms with Crippen LogP contribution < -0.4 is 10.1 Å². The van der Waals surface area contributed by atoms with E-state index in [1.54, 1.807) is 7.11 Å². The van der Waals surface area contributed by atoms with E-state index >= 15 is 0 Å². The van der Waals surface area contributed by atoms with Crippen molar-refractivity contribution < 1.29 is 14.6 Å². The number of carboxylic acid groups (broad SMARTS) is 1. The predicted octanol–water partition coefficient (Wildman–Crippen LogP) is 6.59. The highest BCUT2D eigenvalue weighted by Gasteiger charge is 2.28. The average molecular weight is 500 g/mol. The molecule has 0 atom stereocenters. The molecule has 0 saturated heterocycles. The number of aliphatic carboxylic acids is 1. The molecule has 6 nitrogen and oxygen atoms in total. The molecule has 3 aromatic rings. The molecule has 2 N–H and O–H groups in total. The van der Waals surface area contributed by atoms with E-state index in [1.807, 2.05) is 29.5 Å². The van der Waals surface area contributed by atoms with Crippen LogP contribution in [0.15, 0.2) is 18.2 Å². The number of carboxylic acids is 1. The second-order valence-electron chi connectivity index (χ2n) is 9.46. The number of nitrogens with zero attached hydrogens (tertiary/aromatic N) is 2. The molecule has 2 aliphatic rings. The van der Waals surface area contributed by atoms with Gasteiger partial charge < -0.3 is 15.2 Å². The molecule has 0 radical (unpaired) electrons. The van der Waals surface area contributed by atoms with Gasteiger partial charge in [-0.15, -0.1) is 11.3 Å². The second kappa shape index (κ2) is 10.1. The van der Waals surface area contributed by atoms with Gasteiger partial charge in [0.05, 0.1) is 17.5 Å². The number of benzene rings is 1. The number of thiophene rings is 1. The van der Waals surface area contributed by atoms with Crippen LogP contribution in [0.3, 0.4) is 0 Å². The Labute approximate surface area is 208 Å². The van der Waals surface area contributed by atoms with Crippen molar-refractivity contribution in [1.29, 1.82) is 0 Å². The van der Waals surface area contributed by atoms with Gasteiger partial charge in [0.25, 0.3) is 0 Å². The second-order valence-corrected chi connectivity index (χ2v) is 11.0. The predicted molar refractivity (Wildman–Crippen MR) is 136 cm³/mol. The number of methoxy groups -OCH3 is 1. The highest BCUT2D eigenvalue weighted by molar-refractivity contribution is 7.19. The fraction of sp³-hybridized carbons (Fsp3) is 0.500. The Hall–Kier alpha value is -2.38. The molecule has 1 aromatic carbocycles. The average Bonchev–Trinajstić information content (AvgIpc) is 3.21. The number of carbonyl (C=O) groups is 1. The molecule has 2 heterocycles. The van der Waals surface area contributed by atoms with Crippen LogP contribution >= 0.6 is 22.9 Å². The topological polar surface area (TPSA) is 84.3 Å². The van der Waals surface area contributed by atoms with Gasteiger partial charge in [0.2, 0.25) is 0 Å². The van der Waals surface area contributed by atoms with Crippen LogP contribution in [0.1, 0.15) is 72.7 Å². The number of halogens is 1. The summed E-state index contributed by atoms with van der Waals surface area (Å²) in [7, 11) is 1.62. The van der Waals surface area contributed by atoms with Crippen molar-refractivity contribution in [3.63, 3.8) is 0 Å². The first-order chi connectivity index (χ1) is 16.5. The van der Waals surface area contributed by atoms with Crippen molar-refractivity contribution >= 4 is 44.9 Å². The summed E-state index contributed by atoms with van der Waals surface area (Å²) in [6.07, 6.45) is 8.66. The molecule has 1 fully saturated rings. The van der Waals surface area contributed by atoms with Gasteiger partial charge in [-0.3, -0.25) is 4.79 Å². The number of anilines is 1. The SMILES string of the molecule is COc1ccc(CNc2nc(C3CCC(CC(=O)O)CC3)nc3sc4c(c23)CCCC4)cc1Cl. The molecule has 2 aromatic heterocycles. The van der Waals surface area contributed by atoms with E-state index in [0.29, 0.717) is 17.3 Å². The molecule has 1 saturated carbocycles.